The van der Waals surface area contributed by atoms with Crippen LogP contribution in [0.1, 0.15) is 22.3 Å². The fraction of sp³-hybridized carbons (Fsp3) is 0.667. The average molecular weight is 1060 g/mol. The molecule has 411 valence electrons. The van der Waals surface area contributed by atoms with Crippen LogP contribution in [0.4, 0.5) is 0 Å². The van der Waals surface area contributed by atoms with Crippen LogP contribution in [0.2, 0.25) is 0 Å². The first-order valence-corrected chi connectivity index (χ1v) is 25.5. The average Bonchev–Trinajstić information content (AvgIpc) is 3.41. The minimum Gasteiger partial charge on any atom is -0.377 e. The van der Waals surface area contributed by atoms with Gasteiger partial charge in [0.2, 0.25) is 0 Å². The van der Waals surface area contributed by atoms with Crippen LogP contribution in [0.15, 0.2) is 84.9 Å². The first-order valence-electron chi connectivity index (χ1n) is 25.5. The van der Waals surface area contributed by atoms with Crippen molar-refractivity contribution in [1.29, 1.82) is 0 Å². The van der Waals surface area contributed by atoms with Gasteiger partial charge in [0.15, 0.2) is 0 Å². The summed E-state index contributed by atoms with van der Waals surface area (Å²) in [4.78, 5) is 0. The van der Waals surface area contributed by atoms with E-state index in [2.05, 4.69) is 0 Å². The van der Waals surface area contributed by atoms with Gasteiger partial charge in [0, 0.05) is 51.4 Å². The van der Waals surface area contributed by atoms with Crippen LogP contribution in [0.5, 0.6) is 0 Å². The van der Waals surface area contributed by atoms with E-state index < -0.39 is 0 Å². The summed E-state index contributed by atoms with van der Waals surface area (Å²) in [6, 6.07) is 28.2. The van der Waals surface area contributed by atoms with Crippen LogP contribution >= 0.6 is 0 Å². The number of benzene rings is 3. The maximum absolute atomic E-state index is 5.85. The summed E-state index contributed by atoms with van der Waals surface area (Å²) in [6.07, 6.45) is 0. The Morgan fingerprint density at radius 2 is 0.315 bits per heavy atom. The molecule has 0 N–H and O–H groups in total. The van der Waals surface area contributed by atoms with E-state index in [0.29, 0.717) is 238 Å². The number of rotatable bonds is 56. The van der Waals surface area contributed by atoms with E-state index in [0.717, 1.165) is 22.3 Å². The van der Waals surface area contributed by atoms with Gasteiger partial charge in [0.05, 0.1) is 238 Å². The Morgan fingerprint density at radius 3 is 0.507 bits per heavy atom. The minimum absolute atomic E-state index is 0. The van der Waals surface area contributed by atoms with E-state index in [9.17, 15) is 0 Å². The quantitative estimate of drug-likeness (QED) is 0.0547. The standard InChI is InChI=1S/C54H86O18.K/c1-3-9-51(10-4-1)47-69-43-39-65-35-31-61-27-23-57-19-15-55-17-21-59-25-29-63-33-37-67-41-45-71-49-53-13-7-8-14-54(53)50-72-46-42-68-38-34-64-30-26-60-22-18-56-16-20-58-24-28-62-32-36-66-40-44-70-48-52-11-5-2-6-12-52;/h1-14H,15-50H2;. The SMILES string of the molecule is [K].c1ccc(COCCOCCOCCOCCOCCOCCOCCOCCOCc2ccccc2COCCOCCOCCOCCOCCOCCOCCOCCOCc2ccccc2)cc1. The molecule has 3 rings (SSSR count). The first-order chi connectivity index (χ1) is 35.9. The van der Waals surface area contributed by atoms with E-state index >= 15 is 0 Å². The Hall–Kier alpha value is -1.42. The van der Waals surface area contributed by atoms with Crippen molar-refractivity contribution >= 4 is 51.4 Å². The van der Waals surface area contributed by atoms with E-state index in [1.54, 1.807) is 0 Å². The van der Waals surface area contributed by atoms with Crippen LogP contribution in [-0.4, -0.2) is 263 Å². The zero-order valence-electron chi connectivity index (χ0n) is 43.9. The third-order valence-electron chi connectivity index (χ3n) is 9.81. The summed E-state index contributed by atoms with van der Waals surface area (Å²) in [5.41, 5.74) is 4.48. The summed E-state index contributed by atoms with van der Waals surface area (Å²) in [5.74, 6) is 0. The Bertz CT molecular complexity index is 1430. The molecule has 1 radical (unpaired) electrons. The second-order valence-corrected chi connectivity index (χ2v) is 15.5. The Kier molecular flexibility index (Phi) is 51.3. The summed E-state index contributed by atoms with van der Waals surface area (Å²) < 4.78 is 101. The monoisotopic (exact) mass is 1060 g/mol. The van der Waals surface area contributed by atoms with E-state index in [1.807, 2.05) is 84.9 Å². The molecule has 0 fully saturated rings. The third kappa shape index (κ3) is 45.3. The van der Waals surface area contributed by atoms with Crippen molar-refractivity contribution in [3.8, 4) is 0 Å². The summed E-state index contributed by atoms with van der Waals surface area (Å²) in [5, 5.41) is 0. The molecule has 3 aromatic rings. The van der Waals surface area contributed by atoms with Crippen LogP contribution in [0.25, 0.3) is 0 Å². The maximum Gasteiger partial charge on any atom is 0.0721 e. The van der Waals surface area contributed by atoms with Gasteiger partial charge in [-0.25, -0.2) is 0 Å². The van der Waals surface area contributed by atoms with E-state index in [4.69, 9.17) is 85.3 Å². The molecule has 0 saturated carbocycles. The first kappa shape index (κ1) is 67.7. The van der Waals surface area contributed by atoms with E-state index in [-0.39, 0.29) is 51.4 Å². The van der Waals surface area contributed by atoms with Gasteiger partial charge in [-0.15, -0.1) is 0 Å². The largest absolute Gasteiger partial charge is 0.377 e. The molecule has 0 aliphatic heterocycles. The zero-order valence-corrected chi connectivity index (χ0v) is 47.0. The molecule has 0 heterocycles. The molecule has 0 atom stereocenters. The molecule has 0 aliphatic rings. The smallest absolute Gasteiger partial charge is 0.0721 e. The van der Waals surface area contributed by atoms with Crippen molar-refractivity contribution in [2.24, 2.45) is 0 Å². The van der Waals surface area contributed by atoms with Crippen LogP contribution in [0, 0.1) is 0 Å². The van der Waals surface area contributed by atoms with Crippen LogP contribution in [-0.2, 0) is 112 Å². The van der Waals surface area contributed by atoms with Crippen molar-refractivity contribution in [2.45, 2.75) is 26.4 Å². The predicted molar refractivity (Wildman–Crippen MR) is 275 cm³/mol. The summed E-state index contributed by atoms with van der Waals surface area (Å²) >= 11 is 0. The van der Waals surface area contributed by atoms with E-state index in [1.165, 1.54) is 0 Å². The topological polar surface area (TPSA) is 166 Å². The molecule has 0 unspecified atom stereocenters. The molecule has 0 bridgehead atoms. The fourth-order valence-electron chi connectivity index (χ4n) is 6.05. The third-order valence-corrected chi connectivity index (χ3v) is 9.81. The van der Waals surface area contributed by atoms with Crippen LogP contribution in [0.3, 0.4) is 0 Å². The van der Waals surface area contributed by atoms with Crippen molar-refractivity contribution < 1.29 is 85.3 Å². The second kappa shape index (κ2) is 55.3. The molecule has 18 nitrogen and oxygen atoms in total. The van der Waals surface area contributed by atoms with Crippen molar-refractivity contribution in [3.05, 3.63) is 107 Å². The van der Waals surface area contributed by atoms with Gasteiger partial charge in [-0.2, -0.15) is 0 Å². The molecular weight excluding hydrogens is 976 g/mol. The predicted octanol–water partition coefficient (Wildman–Crippen LogP) is 5.01. The molecule has 19 heteroatoms. The van der Waals surface area contributed by atoms with Crippen molar-refractivity contribution in [2.75, 3.05) is 211 Å². The molecule has 0 spiro atoms. The summed E-state index contributed by atoms with van der Waals surface area (Å²) in [7, 11) is 0. The number of hydrogen-bond donors (Lipinski definition) is 0. The van der Waals surface area contributed by atoms with Gasteiger partial charge in [0.1, 0.15) is 0 Å². The maximum atomic E-state index is 5.85. The van der Waals surface area contributed by atoms with Gasteiger partial charge in [0.25, 0.3) is 0 Å². The fourth-order valence-corrected chi connectivity index (χ4v) is 6.05. The van der Waals surface area contributed by atoms with Gasteiger partial charge in [-0.05, 0) is 22.3 Å². The number of hydrogen-bond acceptors (Lipinski definition) is 18. The van der Waals surface area contributed by atoms with Gasteiger partial charge in [-0.3, -0.25) is 0 Å². The molecule has 73 heavy (non-hydrogen) atoms. The van der Waals surface area contributed by atoms with Gasteiger partial charge >= 0.3 is 0 Å². The van der Waals surface area contributed by atoms with Crippen LogP contribution < -0.4 is 0 Å². The molecule has 0 aromatic heterocycles. The normalized spacial score (nSPS) is 11.4. The summed E-state index contributed by atoms with van der Waals surface area (Å²) in [6.45, 7) is 18.4. The molecule has 0 aliphatic carbocycles. The van der Waals surface area contributed by atoms with Crippen molar-refractivity contribution in [1.82, 2.24) is 0 Å². The Morgan fingerprint density at radius 1 is 0.164 bits per heavy atom. The molecule has 0 saturated heterocycles. The molecule has 0 amide bonds. The Labute approximate surface area is 478 Å². The molecular formula is C54H86KO18. The minimum atomic E-state index is 0. The zero-order chi connectivity index (χ0) is 50.4. The van der Waals surface area contributed by atoms with Gasteiger partial charge < -0.3 is 85.3 Å². The van der Waals surface area contributed by atoms with Gasteiger partial charge in [-0.1, -0.05) is 84.9 Å². The molecule has 3 aromatic carbocycles. The number of ether oxygens (including phenoxy) is 18. The van der Waals surface area contributed by atoms with Crippen molar-refractivity contribution in [3.63, 3.8) is 0 Å². The Balaban J connectivity index is 0.0000183. The second-order valence-electron chi connectivity index (χ2n) is 15.5.